The van der Waals surface area contributed by atoms with Crippen molar-refractivity contribution in [1.29, 1.82) is 0 Å². The molecule has 2 rings (SSSR count). The number of nitrogens with two attached hydrogens (primary N) is 1. The van der Waals surface area contributed by atoms with Crippen LogP contribution < -0.4 is 10.5 Å². The van der Waals surface area contributed by atoms with E-state index in [1.165, 1.54) is 12.1 Å². The van der Waals surface area contributed by atoms with E-state index in [0.29, 0.717) is 6.54 Å². The van der Waals surface area contributed by atoms with Crippen LogP contribution in [0.25, 0.3) is 0 Å². The number of nitrogens with one attached hydrogen (secondary N) is 1. The zero-order chi connectivity index (χ0) is 15.0. The molecule has 1 fully saturated rings. The topological polar surface area (TPSA) is 72.2 Å². The lowest BCUT2D eigenvalue weighted by molar-refractivity contribution is 0.166. The lowest BCUT2D eigenvalue weighted by Crippen LogP contribution is -2.39. The van der Waals surface area contributed by atoms with Gasteiger partial charge in [-0.3, -0.25) is 0 Å². The summed E-state index contributed by atoms with van der Waals surface area (Å²) in [5.74, 6) is -0.623. The van der Waals surface area contributed by atoms with Gasteiger partial charge in [-0.2, -0.15) is 0 Å². The van der Waals surface area contributed by atoms with Crippen molar-refractivity contribution < 1.29 is 12.8 Å². The Morgan fingerprint density at radius 1 is 1.50 bits per heavy atom. The molecule has 4 nitrogen and oxygen atoms in total. The maximum atomic E-state index is 13.5. The van der Waals surface area contributed by atoms with Gasteiger partial charge in [-0.1, -0.05) is 25.6 Å². The van der Waals surface area contributed by atoms with Crippen molar-refractivity contribution in [2.75, 3.05) is 6.54 Å². The fourth-order valence-electron chi connectivity index (χ4n) is 2.17. The van der Waals surface area contributed by atoms with Gasteiger partial charge in [0.25, 0.3) is 0 Å². The molecule has 110 valence electrons. The summed E-state index contributed by atoms with van der Waals surface area (Å²) >= 11 is 4.71. The Hall–Kier alpha value is -1.05. The van der Waals surface area contributed by atoms with Gasteiger partial charge in [0.1, 0.15) is 10.8 Å². The third-order valence-electron chi connectivity index (χ3n) is 3.76. The summed E-state index contributed by atoms with van der Waals surface area (Å²) in [6.07, 6.45) is 3.15. The highest BCUT2D eigenvalue weighted by molar-refractivity contribution is 7.89. The molecule has 1 aromatic carbocycles. The fraction of sp³-hybridized carbons (Fsp3) is 0.462. The zero-order valence-corrected chi connectivity index (χ0v) is 12.8. The summed E-state index contributed by atoms with van der Waals surface area (Å²) in [7, 11) is -3.67. The average molecular weight is 316 g/mol. The lowest BCUT2D eigenvalue weighted by atomic mass is 9.71. The number of hydrogen-bond acceptors (Lipinski definition) is 3. The van der Waals surface area contributed by atoms with E-state index in [1.54, 1.807) is 0 Å². The molecule has 0 spiro atoms. The number of benzene rings is 1. The van der Waals surface area contributed by atoms with Gasteiger partial charge in [0.15, 0.2) is 0 Å². The minimum absolute atomic E-state index is 0.0235. The number of sulfonamides is 1. The summed E-state index contributed by atoms with van der Waals surface area (Å²) in [5, 5.41) is 0. The number of rotatable bonds is 5. The maximum absolute atomic E-state index is 13.5. The van der Waals surface area contributed by atoms with E-state index >= 15 is 0 Å². The molecule has 0 saturated heterocycles. The molecule has 0 heterocycles. The molecule has 1 saturated carbocycles. The van der Waals surface area contributed by atoms with Crippen LogP contribution in [0.4, 0.5) is 4.39 Å². The summed E-state index contributed by atoms with van der Waals surface area (Å²) in [5.41, 5.74) is 5.35. The highest BCUT2D eigenvalue weighted by Crippen LogP contribution is 2.39. The van der Waals surface area contributed by atoms with Gasteiger partial charge in [0, 0.05) is 12.1 Å². The summed E-state index contributed by atoms with van der Waals surface area (Å²) in [6, 6.07) is 3.44. The Kier molecular flexibility index (Phi) is 4.13. The molecule has 1 aliphatic rings. The van der Waals surface area contributed by atoms with Crippen LogP contribution in [-0.2, 0) is 10.0 Å². The second-order valence-electron chi connectivity index (χ2n) is 5.49. The first-order valence-corrected chi connectivity index (χ1v) is 8.22. The van der Waals surface area contributed by atoms with Gasteiger partial charge < -0.3 is 5.73 Å². The Morgan fingerprint density at radius 3 is 2.65 bits per heavy atom. The first-order valence-electron chi connectivity index (χ1n) is 6.33. The average Bonchev–Trinajstić information content (AvgIpc) is 2.34. The van der Waals surface area contributed by atoms with Crippen molar-refractivity contribution in [3.63, 3.8) is 0 Å². The normalized spacial score (nSPS) is 17.5. The summed E-state index contributed by atoms with van der Waals surface area (Å²) in [6.45, 7) is 2.43. The largest absolute Gasteiger partial charge is 0.389 e. The van der Waals surface area contributed by atoms with Crippen LogP contribution in [0.15, 0.2) is 23.1 Å². The second kappa shape index (κ2) is 5.38. The quantitative estimate of drug-likeness (QED) is 0.814. The Morgan fingerprint density at radius 2 is 2.15 bits per heavy atom. The third-order valence-corrected chi connectivity index (χ3v) is 5.38. The SMILES string of the molecule is CC1(CNS(=O)(=O)c2ccc(F)c(C(N)=S)c2)CCC1. The molecular formula is C13H17FN2O2S2. The van der Waals surface area contributed by atoms with E-state index < -0.39 is 15.8 Å². The third kappa shape index (κ3) is 3.16. The van der Waals surface area contributed by atoms with Crippen molar-refractivity contribution in [2.24, 2.45) is 11.1 Å². The van der Waals surface area contributed by atoms with Gasteiger partial charge in [-0.25, -0.2) is 17.5 Å². The van der Waals surface area contributed by atoms with Crippen LogP contribution in [-0.4, -0.2) is 20.0 Å². The molecule has 0 radical (unpaired) electrons. The molecule has 20 heavy (non-hydrogen) atoms. The van der Waals surface area contributed by atoms with E-state index in [9.17, 15) is 12.8 Å². The highest BCUT2D eigenvalue weighted by atomic mass is 32.2. The van der Waals surface area contributed by atoms with Gasteiger partial charge in [0.05, 0.1) is 4.90 Å². The second-order valence-corrected chi connectivity index (χ2v) is 7.70. The van der Waals surface area contributed by atoms with E-state index in [4.69, 9.17) is 18.0 Å². The van der Waals surface area contributed by atoms with Crippen LogP contribution >= 0.6 is 12.2 Å². The van der Waals surface area contributed by atoms with Crippen LogP contribution in [0.1, 0.15) is 31.7 Å². The first-order chi connectivity index (χ1) is 9.23. The lowest BCUT2D eigenvalue weighted by Gasteiger charge is -2.38. The van der Waals surface area contributed by atoms with E-state index in [0.717, 1.165) is 25.3 Å². The molecule has 7 heteroatoms. The van der Waals surface area contributed by atoms with Crippen molar-refractivity contribution in [2.45, 2.75) is 31.1 Å². The molecule has 0 aliphatic heterocycles. The molecule has 0 atom stereocenters. The van der Waals surface area contributed by atoms with Crippen molar-refractivity contribution >= 4 is 27.2 Å². The number of halogens is 1. The molecule has 0 unspecified atom stereocenters. The highest BCUT2D eigenvalue weighted by Gasteiger charge is 2.33. The van der Waals surface area contributed by atoms with Crippen LogP contribution in [0.2, 0.25) is 0 Å². The molecule has 0 aromatic heterocycles. The predicted octanol–water partition coefficient (Wildman–Crippen LogP) is 1.93. The summed E-state index contributed by atoms with van der Waals surface area (Å²) in [4.78, 5) is -0.185. The molecule has 0 amide bonds. The van der Waals surface area contributed by atoms with Crippen molar-refractivity contribution in [3.8, 4) is 0 Å². The smallest absolute Gasteiger partial charge is 0.240 e. The van der Waals surface area contributed by atoms with Crippen molar-refractivity contribution in [1.82, 2.24) is 4.72 Å². The van der Waals surface area contributed by atoms with Crippen LogP contribution in [0.3, 0.4) is 0 Å². The van der Waals surface area contributed by atoms with E-state index in [1.807, 2.05) is 6.92 Å². The molecule has 1 aliphatic carbocycles. The van der Waals surface area contributed by atoms with E-state index in [-0.39, 0.29) is 20.9 Å². The Bertz CT molecular complexity index is 640. The molecule has 1 aromatic rings. The van der Waals surface area contributed by atoms with Gasteiger partial charge in [-0.05, 0) is 36.5 Å². The minimum atomic E-state index is -3.67. The maximum Gasteiger partial charge on any atom is 0.240 e. The first kappa shape index (κ1) is 15.3. The predicted molar refractivity (Wildman–Crippen MR) is 79.4 cm³/mol. The standard InChI is InChI=1S/C13H17FN2O2S2/c1-13(5-2-6-13)8-16-20(17,18)9-3-4-11(14)10(7-9)12(15)19/h3-4,7,16H,2,5-6,8H2,1H3,(H2,15,19). The van der Waals surface area contributed by atoms with Gasteiger partial charge in [0.2, 0.25) is 10.0 Å². The molecular weight excluding hydrogens is 299 g/mol. The van der Waals surface area contributed by atoms with Gasteiger partial charge in [-0.15, -0.1) is 0 Å². The molecule has 3 N–H and O–H groups in total. The Balaban J connectivity index is 2.21. The number of thiocarbonyl (C=S) groups is 1. The van der Waals surface area contributed by atoms with Crippen LogP contribution in [0, 0.1) is 11.2 Å². The number of hydrogen-bond donors (Lipinski definition) is 2. The fourth-order valence-corrected chi connectivity index (χ4v) is 3.55. The Labute approximate surface area is 123 Å². The van der Waals surface area contributed by atoms with Crippen molar-refractivity contribution in [3.05, 3.63) is 29.6 Å². The monoisotopic (exact) mass is 316 g/mol. The van der Waals surface area contributed by atoms with Crippen LogP contribution in [0.5, 0.6) is 0 Å². The van der Waals surface area contributed by atoms with Gasteiger partial charge >= 0.3 is 0 Å². The molecule has 0 bridgehead atoms. The summed E-state index contributed by atoms with van der Waals surface area (Å²) < 4.78 is 40.4. The minimum Gasteiger partial charge on any atom is -0.389 e. The van der Waals surface area contributed by atoms with E-state index in [2.05, 4.69) is 4.72 Å². The zero-order valence-electron chi connectivity index (χ0n) is 11.1.